The second-order valence-electron chi connectivity index (χ2n) is 11.5. The van der Waals surface area contributed by atoms with E-state index in [1.54, 1.807) is 6.92 Å². The third-order valence-corrected chi connectivity index (χ3v) is 11.6. The van der Waals surface area contributed by atoms with Gasteiger partial charge in [-0.05, 0) is 61.8 Å². The standard InChI is InChI=1S/C28H42N4O5Si/c1-19(33)18-34-12-13-35-20(2)21-14-22(17-29-16-21)26-24-15-23(37-38(6,7)28(3,4)5)8-9-25(24)32(31-26)27-30-10-11-36-27/h8-9,14-17,19-20,27,30,33H,10-13,18H2,1-7H3. The lowest BCUT2D eigenvalue weighted by Crippen LogP contribution is -2.43. The highest BCUT2D eigenvalue weighted by atomic mass is 28.4. The SMILES string of the molecule is CC(O)COCCOC(C)c1cncc(-c2nn(C3NCCO3)c3ccc(O[Si](C)(C)C(C)(C)C)cc23)c1. The molecule has 3 atom stereocenters. The molecule has 38 heavy (non-hydrogen) atoms. The Bertz CT molecular complexity index is 1220. The summed E-state index contributed by atoms with van der Waals surface area (Å²) in [6.07, 6.45) is 2.66. The van der Waals surface area contributed by atoms with E-state index < -0.39 is 14.4 Å². The van der Waals surface area contributed by atoms with Crippen molar-refractivity contribution in [1.82, 2.24) is 20.1 Å². The average molecular weight is 543 g/mol. The molecule has 1 aliphatic heterocycles. The van der Waals surface area contributed by atoms with E-state index in [1.165, 1.54) is 0 Å². The van der Waals surface area contributed by atoms with Gasteiger partial charge in [0, 0.05) is 29.9 Å². The summed E-state index contributed by atoms with van der Waals surface area (Å²) in [5, 5.41) is 18.8. The Hall–Kier alpha value is -2.34. The Morgan fingerprint density at radius 3 is 2.66 bits per heavy atom. The van der Waals surface area contributed by atoms with E-state index in [-0.39, 0.29) is 17.5 Å². The lowest BCUT2D eigenvalue weighted by atomic mass is 10.1. The van der Waals surface area contributed by atoms with Gasteiger partial charge in [0.05, 0.1) is 44.2 Å². The maximum absolute atomic E-state index is 9.33. The summed E-state index contributed by atoms with van der Waals surface area (Å²) >= 11 is 0. The molecule has 0 amide bonds. The number of hydrogen-bond donors (Lipinski definition) is 2. The number of aliphatic hydroxyl groups excluding tert-OH is 1. The van der Waals surface area contributed by atoms with Crippen LogP contribution in [0.4, 0.5) is 0 Å². The monoisotopic (exact) mass is 542 g/mol. The maximum Gasteiger partial charge on any atom is 0.250 e. The highest BCUT2D eigenvalue weighted by Crippen LogP contribution is 2.39. The molecule has 2 N–H and O–H groups in total. The van der Waals surface area contributed by atoms with Crippen molar-refractivity contribution in [2.45, 2.75) is 71.3 Å². The number of nitrogens with zero attached hydrogens (tertiary/aromatic N) is 3. The van der Waals surface area contributed by atoms with Crippen LogP contribution in [0.2, 0.25) is 18.1 Å². The van der Waals surface area contributed by atoms with Gasteiger partial charge in [0.25, 0.3) is 0 Å². The molecule has 0 saturated carbocycles. The molecule has 0 bridgehead atoms. The second-order valence-corrected chi connectivity index (χ2v) is 16.2. The maximum atomic E-state index is 9.33. The first kappa shape index (κ1) is 28.7. The Morgan fingerprint density at radius 2 is 1.97 bits per heavy atom. The van der Waals surface area contributed by atoms with Crippen LogP contribution >= 0.6 is 0 Å². The Kier molecular flexibility index (Phi) is 8.91. The van der Waals surface area contributed by atoms with Crippen LogP contribution in [0.15, 0.2) is 36.7 Å². The minimum Gasteiger partial charge on any atom is -0.543 e. The van der Waals surface area contributed by atoms with Crippen LogP contribution in [0, 0.1) is 0 Å². The molecule has 1 fully saturated rings. The smallest absolute Gasteiger partial charge is 0.250 e. The molecule has 3 heterocycles. The highest BCUT2D eigenvalue weighted by molar-refractivity contribution is 6.74. The molecule has 208 valence electrons. The summed E-state index contributed by atoms with van der Waals surface area (Å²) in [7, 11) is -2.02. The van der Waals surface area contributed by atoms with Gasteiger partial charge in [0.1, 0.15) is 11.4 Å². The van der Waals surface area contributed by atoms with Gasteiger partial charge in [-0.1, -0.05) is 20.8 Å². The zero-order valence-electron chi connectivity index (χ0n) is 23.7. The Labute approximate surface area is 226 Å². The van der Waals surface area contributed by atoms with Crippen molar-refractivity contribution < 1.29 is 23.7 Å². The van der Waals surface area contributed by atoms with E-state index in [0.717, 1.165) is 40.0 Å². The first-order valence-electron chi connectivity index (χ1n) is 13.4. The fraction of sp³-hybridized carbons (Fsp3) is 0.571. The van der Waals surface area contributed by atoms with Gasteiger partial charge in [0.15, 0.2) is 0 Å². The first-order valence-corrected chi connectivity index (χ1v) is 16.3. The predicted octanol–water partition coefficient (Wildman–Crippen LogP) is 5.03. The molecular weight excluding hydrogens is 500 g/mol. The van der Waals surface area contributed by atoms with Crippen molar-refractivity contribution in [3.8, 4) is 17.0 Å². The van der Waals surface area contributed by atoms with Crippen molar-refractivity contribution in [2.75, 3.05) is 33.0 Å². The van der Waals surface area contributed by atoms with Gasteiger partial charge in [-0.2, -0.15) is 5.10 Å². The molecule has 10 heteroatoms. The van der Waals surface area contributed by atoms with Crippen LogP contribution in [-0.2, 0) is 14.2 Å². The summed E-state index contributed by atoms with van der Waals surface area (Å²) in [6.45, 7) is 17.5. The fourth-order valence-electron chi connectivity index (χ4n) is 4.04. The predicted molar refractivity (Wildman–Crippen MR) is 151 cm³/mol. The average Bonchev–Trinajstić information content (AvgIpc) is 3.50. The number of ether oxygens (including phenoxy) is 3. The van der Waals surface area contributed by atoms with Gasteiger partial charge in [-0.25, -0.2) is 4.68 Å². The van der Waals surface area contributed by atoms with Gasteiger partial charge in [-0.15, -0.1) is 0 Å². The van der Waals surface area contributed by atoms with Crippen molar-refractivity contribution in [2.24, 2.45) is 0 Å². The Balaban J connectivity index is 1.64. The van der Waals surface area contributed by atoms with Crippen LogP contribution in [0.3, 0.4) is 0 Å². The largest absolute Gasteiger partial charge is 0.543 e. The molecule has 1 aliphatic rings. The molecule has 9 nitrogen and oxygen atoms in total. The number of hydrogen-bond acceptors (Lipinski definition) is 8. The Morgan fingerprint density at radius 1 is 1.18 bits per heavy atom. The van der Waals surface area contributed by atoms with E-state index in [9.17, 15) is 5.11 Å². The van der Waals surface area contributed by atoms with Crippen molar-refractivity contribution in [3.63, 3.8) is 0 Å². The third kappa shape index (κ3) is 6.62. The number of aromatic nitrogens is 3. The minimum absolute atomic E-state index is 0.0896. The lowest BCUT2D eigenvalue weighted by molar-refractivity contribution is -0.0115. The number of fused-ring (bicyclic) bond motifs is 1. The molecule has 0 radical (unpaired) electrons. The van der Waals surface area contributed by atoms with Gasteiger partial charge < -0.3 is 23.7 Å². The van der Waals surface area contributed by atoms with E-state index >= 15 is 0 Å². The summed E-state index contributed by atoms with van der Waals surface area (Å²) < 4.78 is 25.8. The molecule has 3 unspecified atom stereocenters. The number of benzene rings is 1. The molecule has 1 saturated heterocycles. The fourth-order valence-corrected chi connectivity index (χ4v) is 5.06. The van der Waals surface area contributed by atoms with Crippen molar-refractivity contribution in [1.29, 1.82) is 0 Å². The van der Waals surface area contributed by atoms with Crippen LogP contribution in [0.5, 0.6) is 5.75 Å². The quantitative estimate of drug-likeness (QED) is 0.257. The van der Waals surface area contributed by atoms with Crippen LogP contribution < -0.4 is 9.74 Å². The van der Waals surface area contributed by atoms with E-state index in [4.69, 9.17) is 23.7 Å². The molecule has 4 rings (SSSR count). The van der Waals surface area contributed by atoms with Crippen molar-refractivity contribution >= 4 is 19.2 Å². The first-order chi connectivity index (χ1) is 18.0. The summed E-state index contributed by atoms with van der Waals surface area (Å²) in [4.78, 5) is 4.51. The van der Waals surface area contributed by atoms with Gasteiger partial charge in [-0.3, -0.25) is 10.3 Å². The molecule has 0 aliphatic carbocycles. The van der Waals surface area contributed by atoms with Gasteiger partial charge >= 0.3 is 0 Å². The lowest BCUT2D eigenvalue weighted by Gasteiger charge is -2.36. The minimum atomic E-state index is -2.02. The van der Waals surface area contributed by atoms with Gasteiger partial charge in [0.2, 0.25) is 14.7 Å². The van der Waals surface area contributed by atoms with Crippen LogP contribution in [-0.4, -0.2) is 67.3 Å². The van der Waals surface area contributed by atoms with Crippen LogP contribution in [0.25, 0.3) is 22.2 Å². The zero-order valence-corrected chi connectivity index (χ0v) is 24.7. The number of rotatable bonds is 11. The summed E-state index contributed by atoms with van der Waals surface area (Å²) in [6, 6.07) is 8.26. The normalized spacial score (nSPS) is 18.2. The topological polar surface area (TPSA) is 99.9 Å². The molecule has 0 spiro atoms. The third-order valence-electron chi connectivity index (χ3n) is 7.23. The number of aliphatic hydroxyl groups is 1. The number of nitrogens with one attached hydrogen (secondary N) is 1. The second kappa shape index (κ2) is 11.8. The van der Waals surface area contributed by atoms with E-state index in [0.29, 0.717) is 26.4 Å². The van der Waals surface area contributed by atoms with E-state index in [1.807, 2.05) is 30.1 Å². The molecule has 3 aromatic rings. The van der Waals surface area contributed by atoms with E-state index in [2.05, 4.69) is 62.4 Å². The summed E-state index contributed by atoms with van der Waals surface area (Å²) in [5.74, 6) is 0.850. The molecule has 1 aromatic carbocycles. The van der Waals surface area contributed by atoms with Crippen LogP contribution in [0.1, 0.15) is 52.6 Å². The highest BCUT2D eigenvalue weighted by Gasteiger charge is 2.39. The molecule has 2 aromatic heterocycles. The zero-order chi connectivity index (χ0) is 27.5. The summed E-state index contributed by atoms with van der Waals surface area (Å²) in [5.41, 5.74) is 3.63. The van der Waals surface area contributed by atoms with Crippen molar-refractivity contribution in [3.05, 3.63) is 42.2 Å². The molecular formula is C28H42N4O5Si. The number of pyridine rings is 1.